The van der Waals surface area contributed by atoms with Crippen molar-refractivity contribution in [3.8, 4) is 5.69 Å². The molecule has 0 aliphatic heterocycles. The number of nitrogens with one attached hydrogen (secondary N) is 3. The number of anilines is 1. The third kappa shape index (κ3) is 4.86. The fourth-order valence-electron chi connectivity index (χ4n) is 4.58. The fourth-order valence-corrected chi connectivity index (χ4v) is 4.58. The molecule has 0 saturated heterocycles. The molecule has 0 saturated carbocycles. The summed E-state index contributed by atoms with van der Waals surface area (Å²) in [7, 11) is 1.66. The summed E-state index contributed by atoms with van der Waals surface area (Å²) in [6.07, 6.45) is 1.91. The van der Waals surface area contributed by atoms with Crippen molar-refractivity contribution in [3.63, 3.8) is 0 Å². The first-order chi connectivity index (χ1) is 18.4. The molecular formula is C30H26F2N4O2. The number of amides is 1. The Morgan fingerprint density at radius 3 is 2.24 bits per heavy atom. The van der Waals surface area contributed by atoms with Gasteiger partial charge in [0.05, 0.1) is 11.6 Å². The number of benzene rings is 3. The summed E-state index contributed by atoms with van der Waals surface area (Å²) in [6, 6.07) is 23.1. The molecule has 5 rings (SSSR count). The van der Waals surface area contributed by atoms with Gasteiger partial charge in [-0.15, -0.1) is 0 Å². The molecule has 1 unspecified atom stereocenters. The van der Waals surface area contributed by atoms with E-state index in [2.05, 4.69) is 15.6 Å². The molecule has 8 heteroatoms. The molecule has 192 valence electrons. The molecule has 5 aromatic rings. The number of halogens is 2. The minimum absolute atomic E-state index is 0.138. The lowest BCUT2D eigenvalue weighted by atomic mass is 9.86. The van der Waals surface area contributed by atoms with Crippen molar-refractivity contribution in [2.75, 3.05) is 12.4 Å². The maximum atomic E-state index is 13.8. The van der Waals surface area contributed by atoms with Crippen LogP contribution in [0, 0.1) is 11.6 Å². The lowest BCUT2D eigenvalue weighted by Gasteiger charge is -2.20. The Hall–Kier alpha value is -4.56. The van der Waals surface area contributed by atoms with Gasteiger partial charge < -0.3 is 20.2 Å². The van der Waals surface area contributed by atoms with E-state index in [9.17, 15) is 18.4 Å². The Balaban J connectivity index is 1.63. The number of aromatic amines is 1. The molecule has 0 aliphatic rings. The number of hydrogen-bond acceptors (Lipinski definition) is 3. The van der Waals surface area contributed by atoms with Gasteiger partial charge in [-0.2, -0.15) is 0 Å². The predicted molar refractivity (Wildman–Crippen MR) is 145 cm³/mol. The fraction of sp³-hybridized carbons (Fsp3) is 0.133. The monoisotopic (exact) mass is 512 g/mol. The number of hydrogen-bond donors (Lipinski definition) is 3. The van der Waals surface area contributed by atoms with Crippen molar-refractivity contribution in [1.29, 1.82) is 0 Å². The highest BCUT2D eigenvalue weighted by atomic mass is 19.1. The summed E-state index contributed by atoms with van der Waals surface area (Å²) in [5.41, 5.74) is 3.66. The summed E-state index contributed by atoms with van der Waals surface area (Å²) in [4.78, 5) is 28.2. The van der Waals surface area contributed by atoms with Crippen molar-refractivity contribution in [2.24, 2.45) is 0 Å². The van der Waals surface area contributed by atoms with Crippen LogP contribution in [0.4, 0.5) is 14.5 Å². The van der Waals surface area contributed by atoms with Gasteiger partial charge in [0.15, 0.2) is 0 Å². The molecule has 0 aliphatic carbocycles. The summed E-state index contributed by atoms with van der Waals surface area (Å²) < 4.78 is 29.3. The first kappa shape index (κ1) is 25.1. The number of carbonyl (C=O) groups is 1. The highest BCUT2D eigenvalue weighted by Crippen LogP contribution is 2.36. The number of nitrogens with zero attached hydrogens (tertiary/aromatic N) is 1. The molecule has 2 heterocycles. The zero-order chi connectivity index (χ0) is 26.8. The zero-order valence-corrected chi connectivity index (χ0v) is 20.8. The van der Waals surface area contributed by atoms with Crippen LogP contribution >= 0.6 is 0 Å². The van der Waals surface area contributed by atoms with Gasteiger partial charge >= 0.3 is 0 Å². The van der Waals surface area contributed by atoms with Crippen LogP contribution in [-0.4, -0.2) is 28.5 Å². The van der Waals surface area contributed by atoms with Gasteiger partial charge in [-0.1, -0.05) is 24.3 Å². The van der Waals surface area contributed by atoms with E-state index in [1.807, 2.05) is 35.0 Å². The van der Waals surface area contributed by atoms with Gasteiger partial charge in [-0.05, 0) is 85.8 Å². The number of pyridine rings is 1. The van der Waals surface area contributed by atoms with Gasteiger partial charge in [0.2, 0.25) is 5.91 Å². The number of rotatable bonds is 7. The standard InChI is InChI=1S/C30H26F2N4O2/c1-18(33-2)29(37)35-26-15-14-25(34-30(26)38)28(19-6-8-20(31)9-7-19)24-4-3-5-27-23(24)16-17-36(27)22-12-10-21(32)11-13-22/h3-18,28,33H,1-2H3,(H,34,38)(H,35,37)/t18-,28?/m0/s1. The summed E-state index contributed by atoms with van der Waals surface area (Å²) >= 11 is 0. The number of likely N-dealkylation sites (N-methyl/N-ethyl adjacent to an activating group) is 1. The molecule has 0 spiro atoms. The van der Waals surface area contributed by atoms with Crippen molar-refractivity contribution in [2.45, 2.75) is 18.9 Å². The normalized spacial score (nSPS) is 12.8. The highest BCUT2D eigenvalue weighted by molar-refractivity contribution is 5.94. The molecule has 6 nitrogen and oxygen atoms in total. The van der Waals surface area contributed by atoms with Crippen LogP contribution in [0.25, 0.3) is 16.6 Å². The van der Waals surface area contributed by atoms with Crippen LogP contribution in [0.2, 0.25) is 0 Å². The molecule has 3 N–H and O–H groups in total. The van der Waals surface area contributed by atoms with E-state index in [0.717, 1.165) is 27.7 Å². The average Bonchev–Trinajstić information content (AvgIpc) is 3.36. The first-order valence-corrected chi connectivity index (χ1v) is 12.2. The first-order valence-electron chi connectivity index (χ1n) is 12.2. The summed E-state index contributed by atoms with van der Waals surface area (Å²) in [6.45, 7) is 1.70. The molecule has 0 bridgehead atoms. The Morgan fingerprint density at radius 2 is 1.58 bits per heavy atom. The second-order valence-corrected chi connectivity index (χ2v) is 9.08. The number of H-pyrrole nitrogens is 1. The molecule has 2 atom stereocenters. The maximum absolute atomic E-state index is 13.8. The number of carbonyl (C=O) groups excluding carboxylic acids is 1. The Morgan fingerprint density at radius 1 is 0.895 bits per heavy atom. The van der Waals surface area contributed by atoms with E-state index >= 15 is 0 Å². The molecule has 1 amide bonds. The van der Waals surface area contributed by atoms with Crippen molar-refractivity contribution < 1.29 is 13.6 Å². The van der Waals surface area contributed by atoms with Crippen molar-refractivity contribution in [3.05, 3.63) is 130 Å². The Bertz CT molecular complexity index is 1660. The van der Waals surface area contributed by atoms with E-state index in [-0.39, 0.29) is 23.2 Å². The average molecular weight is 513 g/mol. The van der Waals surface area contributed by atoms with Crippen molar-refractivity contribution >= 4 is 22.5 Å². The Kier molecular flexibility index (Phi) is 6.89. The molecule has 2 aromatic heterocycles. The van der Waals surface area contributed by atoms with Crippen LogP contribution in [0.1, 0.15) is 29.7 Å². The molecule has 0 radical (unpaired) electrons. The van der Waals surface area contributed by atoms with Crippen molar-refractivity contribution in [1.82, 2.24) is 14.9 Å². The third-order valence-corrected chi connectivity index (χ3v) is 6.71. The molecule has 38 heavy (non-hydrogen) atoms. The van der Waals surface area contributed by atoms with E-state index < -0.39 is 17.5 Å². The minimum Gasteiger partial charge on any atom is -0.323 e. The lowest BCUT2D eigenvalue weighted by Crippen LogP contribution is -2.36. The molecular weight excluding hydrogens is 486 g/mol. The molecule has 0 fully saturated rings. The molecule has 3 aromatic carbocycles. The van der Waals surface area contributed by atoms with Gasteiger partial charge in [-0.3, -0.25) is 9.59 Å². The van der Waals surface area contributed by atoms with Crippen LogP contribution in [-0.2, 0) is 4.79 Å². The van der Waals surface area contributed by atoms with Crippen LogP contribution in [0.3, 0.4) is 0 Å². The number of aromatic nitrogens is 2. The van der Waals surface area contributed by atoms with Crippen LogP contribution in [0.15, 0.2) is 95.9 Å². The van der Waals surface area contributed by atoms with Gasteiger partial charge in [-0.25, -0.2) is 8.78 Å². The van der Waals surface area contributed by atoms with Crippen LogP contribution in [0.5, 0.6) is 0 Å². The largest absolute Gasteiger partial charge is 0.323 e. The van der Waals surface area contributed by atoms with E-state index in [0.29, 0.717) is 5.69 Å². The summed E-state index contributed by atoms with van der Waals surface area (Å²) in [5, 5.41) is 6.41. The quantitative estimate of drug-likeness (QED) is 0.276. The zero-order valence-electron chi connectivity index (χ0n) is 20.8. The smallest absolute Gasteiger partial charge is 0.271 e. The highest BCUT2D eigenvalue weighted by Gasteiger charge is 2.22. The van der Waals surface area contributed by atoms with Crippen LogP contribution < -0.4 is 16.2 Å². The van der Waals surface area contributed by atoms with E-state index in [4.69, 9.17) is 0 Å². The van der Waals surface area contributed by atoms with Gasteiger partial charge in [0.1, 0.15) is 17.3 Å². The number of fused-ring (bicyclic) bond motifs is 1. The van der Waals surface area contributed by atoms with Gasteiger partial charge in [0.25, 0.3) is 5.56 Å². The minimum atomic E-state index is -0.469. The maximum Gasteiger partial charge on any atom is 0.271 e. The third-order valence-electron chi connectivity index (χ3n) is 6.71. The SMILES string of the molecule is CN[C@@H](C)C(=O)Nc1ccc(C(c2ccc(F)cc2)c2cccc3c2ccn3-c2ccc(F)cc2)[nH]c1=O. The summed E-state index contributed by atoms with van der Waals surface area (Å²) in [5.74, 6) is -1.44. The topological polar surface area (TPSA) is 78.9 Å². The second kappa shape index (κ2) is 10.4. The van der Waals surface area contributed by atoms with Gasteiger partial charge in [0, 0.05) is 28.9 Å². The predicted octanol–water partition coefficient (Wildman–Crippen LogP) is 5.32. The van der Waals surface area contributed by atoms with E-state index in [1.165, 1.54) is 24.3 Å². The Labute approximate surface area is 218 Å². The lowest BCUT2D eigenvalue weighted by molar-refractivity contribution is -0.117. The van der Waals surface area contributed by atoms with E-state index in [1.54, 1.807) is 50.4 Å². The second-order valence-electron chi connectivity index (χ2n) is 9.08.